The van der Waals surface area contributed by atoms with Crippen LogP contribution < -0.4 is 0 Å². The Kier molecular flexibility index (Phi) is 2.02. The molecule has 0 saturated carbocycles. The highest BCUT2D eigenvalue weighted by Gasteiger charge is 2.10. The summed E-state index contributed by atoms with van der Waals surface area (Å²) in [4.78, 5) is 0. The lowest BCUT2D eigenvalue weighted by Crippen LogP contribution is -1.85. The fourth-order valence-corrected chi connectivity index (χ4v) is 2.85. The highest BCUT2D eigenvalue weighted by Crippen LogP contribution is 2.36. The summed E-state index contributed by atoms with van der Waals surface area (Å²) in [6.45, 7) is 0. The van der Waals surface area contributed by atoms with Gasteiger partial charge in [-0.15, -0.1) is 21.5 Å². The van der Waals surface area contributed by atoms with Gasteiger partial charge in [0.15, 0.2) is 5.15 Å². The zero-order valence-electron chi connectivity index (χ0n) is 7.24. The smallest absolute Gasteiger partial charge is 0.130 e. The number of aromatic nitrogens is 3. The van der Waals surface area contributed by atoms with Crippen molar-refractivity contribution in [2.75, 3.05) is 0 Å². The summed E-state index contributed by atoms with van der Waals surface area (Å²) in [6, 6.07) is 5.65. The van der Waals surface area contributed by atoms with Gasteiger partial charge in [-0.3, -0.25) is 0 Å². The number of nitrogens with zero attached hydrogens (tertiary/aromatic N) is 3. The van der Waals surface area contributed by atoms with Crippen molar-refractivity contribution >= 4 is 54.8 Å². The van der Waals surface area contributed by atoms with Crippen LogP contribution in [0.2, 0.25) is 10.2 Å². The Labute approximate surface area is 98.6 Å². The molecule has 0 aliphatic rings. The van der Waals surface area contributed by atoms with Gasteiger partial charge in [-0.05, 0) is 23.4 Å². The topological polar surface area (TPSA) is 38.7 Å². The third kappa shape index (κ3) is 1.37. The van der Waals surface area contributed by atoms with Crippen LogP contribution in [0.3, 0.4) is 0 Å². The van der Waals surface area contributed by atoms with E-state index in [9.17, 15) is 0 Å². The van der Waals surface area contributed by atoms with E-state index in [1.54, 1.807) is 11.3 Å². The van der Waals surface area contributed by atoms with Crippen molar-refractivity contribution in [3.63, 3.8) is 0 Å². The van der Waals surface area contributed by atoms with Crippen LogP contribution in [0.15, 0.2) is 18.2 Å². The summed E-state index contributed by atoms with van der Waals surface area (Å²) in [5.41, 5.74) is 0.762. The zero-order chi connectivity index (χ0) is 10.4. The van der Waals surface area contributed by atoms with Gasteiger partial charge < -0.3 is 0 Å². The molecule has 6 heteroatoms. The monoisotopic (exact) mass is 255 g/mol. The highest BCUT2D eigenvalue weighted by atomic mass is 35.5. The summed E-state index contributed by atoms with van der Waals surface area (Å²) >= 11 is 13.4. The molecule has 0 aliphatic heterocycles. The van der Waals surface area contributed by atoms with Gasteiger partial charge in [0.05, 0.1) is 4.70 Å². The molecular weight excluding hydrogens is 253 g/mol. The van der Waals surface area contributed by atoms with Crippen molar-refractivity contribution in [3.05, 3.63) is 28.4 Å². The molecule has 2 heterocycles. The van der Waals surface area contributed by atoms with Crippen molar-refractivity contribution in [1.82, 2.24) is 15.4 Å². The molecule has 0 bridgehead atoms. The van der Waals surface area contributed by atoms with E-state index in [4.69, 9.17) is 23.2 Å². The van der Waals surface area contributed by atoms with Gasteiger partial charge in [0.1, 0.15) is 5.52 Å². The van der Waals surface area contributed by atoms with Crippen LogP contribution in [0, 0.1) is 0 Å². The average Bonchev–Trinajstić information content (AvgIpc) is 2.58. The second-order valence-corrected chi connectivity index (χ2v) is 4.85. The van der Waals surface area contributed by atoms with Gasteiger partial charge in [0.2, 0.25) is 0 Å². The Balaban J connectivity index is 2.58. The molecule has 0 amide bonds. The first-order chi connectivity index (χ1) is 7.25. The molecule has 0 spiro atoms. The van der Waals surface area contributed by atoms with E-state index in [1.807, 2.05) is 18.2 Å². The fraction of sp³-hybridized carbons (Fsp3) is 0. The van der Waals surface area contributed by atoms with Crippen molar-refractivity contribution in [2.24, 2.45) is 0 Å². The maximum Gasteiger partial charge on any atom is 0.172 e. The molecule has 0 saturated heterocycles. The largest absolute Gasteiger partial charge is 0.172 e. The summed E-state index contributed by atoms with van der Waals surface area (Å²) in [7, 11) is 0. The Hall–Kier alpha value is -0.970. The summed E-state index contributed by atoms with van der Waals surface area (Å²) in [6.07, 6.45) is 0. The molecule has 3 nitrogen and oxygen atoms in total. The maximum absolute atomic E-state index is 5.93. The molecular formula is C9H3Cl2N3S. The average molecular weight is 256 g/mol. The van der Waals surface area contributed by atoms with Gasteiger partial charge in [0, 0.05) is 15.1 Å². The summed E-state index contributed by atoms with van der Waals surface area (Å²) in [5, 5.41) is 13.3. The molecule has 0 N–H and O–H groups in total. The summed E-state index contributed by atoms with van der Waals surface area (Å²) in [5.74, 6) is 0. The highest BCUT2D eigenvalue weighted by molar-refractivity contribution is 7.26. The lowest BCUT2D eigenvalue weighted by molar-refractivity contribution is 0.900. The summed E-state index contributed by atoms with van der Waals surface area (Å²) < 4.78 is 1.93. The molecule has 0 radical (unpaired) electrons. The Morgan fingerprint density at radius 2 is 2.00 bits per heavy atom. The van der Waals surface area contributed by atoms with Crippen LogP contribution >= 0.6 is 34.5 Å². The minimum atomic E-state index is 0.386. The first-order valence-electron chi connectivity index (χ1n) is 4.12. The van der Waals surface area contributed by atoms with Crippen molar-refractivity contribution in [1.29, 1.82) is 0 Å². The Morgan fingerprint density at radius 3 is 2.87 bits per heavy atom. The van der Waals surface area contributed by atoms with Crippen molar-refractivity contribution in [3.8, 4) is 0 Å². The normalized spacial score (nSPS) is 11.3. The Bertz CT molecular complexity index is 665. The van der Waals surface area contributed by atoms with Crippen LogP contribution in [0.1, 0.15) is 0 Å². The second-order valence-electron chi connectivity index (χ2n) is 3.00. The van der Waals surface area contributed by atoms with Crippen LogP contribution in [0.25, 0.3) is 20.3 Å². The van der Waals surface area contributed by atoms with Crippen LogP contribution in [-0.4, -0.2) is 15.4 Å². The van der Waals surface area contributed by atoms with E-state index in [-0.39, 0.29) is 0 Å². The van der Waals surface area contributed by atoms with Gasteiger partial charge in [0.25, 0.3) is 0 Å². The first kappa shape index (κ1) is 9.27. The lowest BCUT2D eigenvalue weighted by atomic mass is 10.2. The van der Waals surface area contributed by atoms with Crippen LogP contribution in [0.4, 0.5) is 0 Å². The molecule has 15 heavy (non-hydrogen) atoms. The minimum Gasteiger partial charge on any atom is -0.130 e. The van der Waals surface area contributed by atoms with E-state index < -0.39 is 0 Å². The van der Waals surface area contributed by atoms with Gasteiger partial charge in [-0.2, -0.15) is 0 Å². The number of benzene rings is 1. The van der Waals surface area contributed by atoms with Crippen molar-refractivity contribution < 1.29 is 0 Å². The molecule has 74 valence electrons. The SMILES string of the molecule is Clc1ccc2sc3c(Cl)nnnc3c2c1. The number of hydrogen-bond acceptors (Lipinski definition) is 4. The number of fused-ring (bicyclic) bond motifs is 3. The molecule has 3 aromatic rings. The molecule has 0 aliphatic carbocycles. The Morgan fingerprint density at radius 1 is 1.13 bits per heavy atom. The van der Waals surface area contributed by atoms with Gasteiger partial charge in [-0.25, -0.2) is 0 Å². The van der Waals surface area contributed by atoms with Gasteiger partial charge in [-0.1, -0.05) is 23.2 Å². The molecule has 0 atom stereocenters. The minimum absolute atomic E-state index is 0.386. The molecule has 1 aromatic carbocycles. The second kappa shape index (κ2) is 3.27. The first-order valence-corrected chi connectivity index (χ1v) is 5.69. The van der Waals surface area contributed by atoms with E-state index in [0.29, 0.717) is 10.2 Å². The van der Waals surface area contributed by atoms with Crippen LogP contribution in [0.5, 0.6) is 0 Å². The third-order valence-electron chi connectivity index (χ3n) is 2.09. The molecule has 2 aromatic heterocycles. The number of halogens is 2. The zero-order valence-corrected chi connectivity index (χ0v) is 9.57. The standard InChI is InChI=1S/C9H3Cl2N3S/c10-4-1-2-6-5(3-4)7-8(15-6)9(11)13-14-12-7/h1-3H. The molecule has 0 unspecified atom stereocenters. The van der Waals surface area contributed by atoms with E-state index in [0.717, 1.165) is 20.3 Å². The van der Waals surface area contributed by atoms with Gasteiger partial charge >= 0.3 is 0 Å². The van der Waals surface area contributed by atoms with E-state index in [2.05, 4.69) is 15.4 Å². The lowest BCUT2D eigenvalue weighted by Gasteiger charge is -1.90. The van der Waals surface area contributed by atoms with E-state index in [1.165, 1.54) is 0 Å². The quantitative estimate of drug-likeness (QED) is 0.617. The number of rotatable bonds is 0. The van der Waals surface area contributed by atoms with Crippen molar-refractivity contribution in [2.45, 2.75) is 0 Å². The van der Waals surface area contributed by atoms with Crippen LogP contribution in [-0.2, 0) is 0 Å². The molecule has 3 rings (SSSR count). The van der Waals surface area contributed by atoms with E-state index >= 15 is 0 Å². The fourth-order valence-electron chi connectivity index (χ4n) is 1.45. The number of thiophene rings is 1. The third-order valence-corrected chi connectivity index (χ3v) is 3.87. The maximum atomic E-state index is 5.93. The predicted octanol–water partition coefficient (Wildman–Crippen LogP) is 3.55. The molecule has 0 fully saturated rings. The number of hydrogen-bond donors (Lipinski definition) is 0. The predicted molar refractivity (Wildman–Crippen MR) is 62.7 cm³/mol.